The average molecular weight is 411 g/mol. The zero-order chi connectivity index (χ0) is 19.8. The Morgan fingerprint density at radius 2 is 1.59 bits per heavy atom. The van der Waals surface area contributed by atoms with Gasteiger partial charge in [0.25, 0.3) is 5.91 Å². The van der Waals surface area contributed by atoms with E-state index in [0.29, 0.717) is 16.3 Å². The SMILES string of the molecule is Cc1ccc(Cl)cc1.O=C(c1cc(Cl)ccc1NC(O)O)N1CCCCC1. The van der Waals surface area contributed by atoms with Gasteiger partial charge < -0.3 is 20.4 Å². The van der Waals surface area contributed by atoms with Crippen LogP contribution in [0.15, 0.2) is 42.5 Å². The van der Waals surface area contributed by atoms with Gasteiger partial charge in [-0.15, -0.1) is 0 Å². The lowest BCUT2D eigenvalue weighted by molar-refractivity contribution is -0.0147. The number of nitrogens with zero attached hydrogens (tertiary/aromatic N) is 1. The zero-order valence-corrected chi connectivity index (χ0v) is 16.7. The van der Waals surface area contributed by atoms with E-state index in [1.165, 1.54) is 5.56 Å². The molecule has 146 valence electrons. The lowest BCUT2D eigenvalue weighted by Gasteiger charge is -2.27. The molecule has 0 aliphatic carbocycles. The molecule has 5 nitrogen and oxygen atoms in total. The van der Waals surface area contributed by atoms with E-state index in [1.54, 1.807) is 23.1 Å². The Bertz CT molecular complexity index is 724. The highest BCUT2D eigenvalue weighted by Crippen LogP contribution is 2.24. The average Bonchev–Trinajstić information content (AvgIpc) is 2.66. The molecule has 0 saturated carbocycles. The van der Waals surface area contributed by atoms with Crippen LogP contribution < -0.4 is 5.32 Å². The van der Waals surface area contributed by atoms with Crippen LogP contribution in [-0.2, 0) is 0 Å². The number of rotatable bonds is 3. The van der Waals surface area contributed by atoms with Gasteiger partial charge in [0.2, 0.25) is 6.41 Å². The molecule has 3 rings (SSSR count). The number of hydrogen-bond acceptors (Lipinski definition) is 4. The molecular weight excluding hydrogens is 387 g/mol. The van der Waals surface area contributed by atoms with E-state index < -0.39 is 6.41 Å². The summed E-state index contributed by atoms with van der Waals surface area (Å²) in [5, 5.41) is 21.6. The minimum atomic E-state index is -1.71. The number of likely N-dealkylation sites (tertiary alicyclic amines) is 1. The maximum absolute atomic E-state index is 12.4. The van der Waals surface area contributed by atoms with Gasteiger partial charge in [-0.2, -0.15) is 0 Å². The third-order valence-electron chi connectivity index (χ3n) is 4.15. The number of aliphatic hydroxyl groups excluding tert-OH is 1. The quantitative estimate of drug-likeness (QED) is 0.659. The van der Waals surface area contributed by atoms with Crippen LogP contribution in [0.1, 0.15) is 35.2 Å². The number of halogens is 2. The number of benzene rings is 2. The Balaban J connectivity index is 0.000000273. The predicted octanol–water partition coefficient (Wildman–Crippen LogP) is 4.29. The van der Waals surface area contributed by atoms with Crippen molar-refractivity contribution in [3.63, 3.8) is 0 Å². The third-order valence-corrected chi connectivity index (χ3v) is 4.64. The van der Waals surface area contributed by atoms with Gasteiger partial charge in [0.15, 0.2) is 0 Å². The van der Waals surface area contributed by atoms with Gasteiger partial charge in [0, 0.05) is 23.1 Å². The van der Waals surface area contributed by atoms with Crippen LogP contribution in [0.5, 0.6) is 0 Å². The molecule has 27 heavy (non-hydrogen) atoms. The van der Waals surface area contributed by atoms with Crippen molar-refractivity contribution >= 4 is 34.8 Å². The predicted molar refractivity (Wildman–Crippen MR) is 109 cm³/mol. The Kier molecular flexibility index (Phi) is 8.38. The molecule has 0 aromatic heterocycles. The molecule has 3 N–H and O–H groups in total. The summed E-state index contributed by atoms with van der Waals surface area (Å²) in [6.45, 7) is 3.50. The molecule has 1 aliphatic heterocycles. The first kappa shape index (κ1) is 21.5. The van der Waals surface area contributed by atoms with Crippen molar-refractivity contribution in [3.8, 4) is 0 Å². The van der Waals surface area contributed by atoms with Gasteiger partial charge in [0.05, 0.1) is 11.3 Å². The Labute approximate surface area is 169 Å². The van der Waals surface area contributed by atoms with Gasteiger partial charge in [0.1, 0.15) is 0 Å². The topological polar surface area (TPSA) is 72.8 Å². The Morgan fingerprint density at radius 3 is 2.15 bits per heavy atom. The summed E-state index contributed by atoms with van der Waals surface area (Å²) in [6.07, 6.45) is 1.42. The molecule has 7 heteroatoms. The van der Waals surface area contributed by atoms with Crippen LogP contribution in [0.4, 0.5) is 5.69 Å². The molecule has 0 atom stereocenters. The zero-order valence-electron chi connectivity index (χ0n) is 15.2. The summed E-state index contributed by atoms with van der Waals surface area (Å²) in [6, 6.07) is 12.5. The number of aryl methyl sites for hydroxylation is 1. The number of carbonyl (C=O) groups is 1. The molecule has 1 saturated heterocycles. The fourth-order valence-electron chi connectivity index (χ4n) is 2.76. The van der Waals surface area contributed by atoms with Crippen LogP contribution in [0.3, 0.4) is 0 Å². The number of nitrogens with one attached hydrogen (secondary N) is 1. The fraction of sp³-hybridized carbons (Fsp3) is 0.350. The maximum atomic E-state index is 12.4. The molecule has 0 radical (unpaired) electrons. The highest BCUT2D eigenvalue weighted by Gasteiger charge is 2.21. The van der Waals surface area contributed by atoms with Crippen LogP contribution >= 0.6 is 23.2 Å². The van der Waals surface area contributed by atoms with Crippen molar-refractivity contribution in [2.24, 2.45) is 0 Å². The summed E-state index contributed by atoms with van der Waals surface area (Å²) in [5.41, 5.74) is 1.98. The first-order valence-corrected chi connectivity index (χ1v) is 9.56. The minimum Gasteiger partial charge on any atom is -0.351 e. The van der Waals surface area contributed by atoms with Crippen molar-refractivity contribution in [1.29, 1.82) is 0 Å². The second kappa shape index (κ2) is 10.5. The summed E-state index contributed by atoms with van der Waals surface area (Å²) in [4.78, 5) is 14.2. The highest BCUT2D eigenvalue weighted by atomic mass is 35.5. The molecule has 0 spiro atoms. The lowest BCUT2D eigenvalue weighted by Crippen LogP contribution is -2.36. The van der Waals surface area contributed by atoms with Gasteiger partial charge >= 0.3 is 0 Å². The monoisotopic (exact) mass is 410 g/mol. The number of hydrogen-bond donors (Lipinski definition) is 3. The first-order chi connectivity index (χ1) is 12.9. The van der Waals surface area contributed by atoms with Gasteiger partial charge in [-0.25, -0.2) is 0 Å². The number of piperidine rings is 1. The summed E-state index contributed by atoms with van der Waals surface area (Å²) in [7, 11) is 0. The Morgan fingerprint density at radius 1 is 1.00 bits per heavy atom. The number of carbonyl (C=O) groups excluding carboxylic acids is 1. The normalized spacial score (nSPS) is 13.8. The molecule has 2 aromatic rings. The lowest BCUT2D eigenvalue weighted by atomic mass is 10.1. The molecule has 0 bridgehead atoms. The molecule has 1 fully saturated rings. The van der Waals surface area contributed by atoms with Crippen molar-refractivity contribution < 1.29 is 15.0 Å². The number of anilines is 1. The second-order valence-corrected chi connectivity index (χ2v) is 7.23. The van der Waals surface area contributed by atoms with Crippen molar-refractivity contribution in [2.45, 2.75) is 32.6 Å². The summed E-state index contributed by atoms with van der Waals surface area (Å²) < 4.78 is 0. The standard InChI is InChI=1S/C13H17ClN2O3.C7H7Cl/c14-9-4-5-11(15-13(18)19)10(8-9)12(17)16-6-2-1-3-7-16;1-6-2-4-7(8)5-3-6/h4-5,8,13,15,18-19H,1-3,6-7H2;2-5H,1H3. The molecule has 1 amide bonds. The van der Waals surface area contributed by atoms with Gasteiger partial charge in [-0.3, -0.25) is 4.79 Å². The van der Waals surface area contributed by atoms with E-state index in [0.717, 1.165) is 37.4 Å². The third kappa shape index (κ3) is 7.03. The van der Waals surface area contributed by atoms with Crippen LogP contribution in [-0.4, -0.2) is 40.5 Å². The van der Waals surface area contributed by atoms with Crippen molar-refractivity contribution in [3.05, 3.63) is 63.6 Å². The molecule has 2 aromatic carbocycles. The second-order valence-electron chi connectivity index (χ2n) is 6.36. The molecule has 1 aliphatic rings. The largest absolute Gasteiger partial charge is 0.351 e. The maximum Gasteiger partial charge on any atom is 0.256 e. The highest BCUT2D eigenvalue weighted by molar-refractivity contribution is 6.31. The minimum absolute atomic E-state index is 0.134. The van der Waals surface area contributed by atoms with E-state index in [1.807, 2.05) is 31.2 Å². The smallest absolute Gasteiger partial charge is 0.256 e. The van der Waals surface area contributed by atoms with Crippen LogP contribution in [0.2, 0.25) is 10.0 Å². The van der Waals surface area contributed by atoms with E-state index in [2.05, 4.69) is 5.32 Å². The number of amides is 1. The summed E-state index contributed by atoms with van der Waals surface area (Å²) in [5.74, 6) is -0.134. The number of aliphatic hydroxyl groups is 2. The Hall–Kier alpha value is -1.79. The first-order valence-electron chi connectivity index (χ1n) is 8.80. The van der Waals surface area contributed by atoms with E-state index >= 15 is 0 Å². The van der Waals surface area contributed by atoms with Crippen molar-refractivity contribution in [2.75, 3.05) is 18.4 Å². The van der Waals surface area contributed by atoms with Crippen LogP contribution in [0.25, 0.3) is 0 Å². The van der Waals surface area contributed by atoms with Gasteiger partial charge in [-0.05, 0) is 56.5 Å². The summed E-state index contributed by atoms with van der Waals surface area (Å²) >= 11 is 11.5. The van der Waals surface area contributed by atoms with Crippen molar-refractivity contribution in [1.82, 2.24) is 4.90 Å². The fourth-order valence-corrected chi connectivity index (χ4v) is 3.06. The molecular formula is C20H24Cl2N2O3. The molecule has 0 unspecified atom stereocenters. The van der Waals surface area contributed by atoms with E-state index in [-0.39, 0.29) is 5.91 Å². The van der Waals surface area contributed by atoms with E-state index in [9.17, 15) is 4.79 Å². The van der Waals surface area contributed by atoms with Gasteiger partial charge in [-0.1, -0.05) is 40.9 Å². The van der Waals surface area contributed by atoms with E-state index in [4.69, 9.17) is 33.4 Å². The molecule has 1 heterocycles. The van der Waals surface area contributed by atoms with Crippen LogP contribution in [0, 0.1) is 6.92 Å².